The molecule has 0 amide bonds. The minimum Gasteiger partial charge on any atom is -0.258 e. The lowest BCUT2D eigenvalue weighted by molar-refractivity contribution is -0.384. The van der Waals surface area contributed by atoms with Crippen LogP contribution in [0.4, 0.5) is 5.69 Å². The Bertz CT molecular complexity index is 783. The molecule has 3 nitrogen and oxygen atoms in total. The molecule has 0 aliphatic heterocycles. The van der Waals surface area contributed by atoms with Crippen LogP contribution in [0.2, 0.25) is 0 Å². The molecule has 4 heteroatoms. The molecule has 0 saturated heterocycles. The van der Waals surface area contributed by atoms with Crippen molar-refractivity contribution in [3.05, 3.63) is 63.1 Å². The zero-order chi connectivity index (χ0) is 12.7. The predicted octanol–water partition coefficient (Wildman–Crippen LogP) is 4.66. The molecule has 0 aromatic heterocycles. The molecule has 0 aliphatic carbocycles. The van der Waals surface area contributed by atoms with Crippen molar-refractivity contribution in [2.75, 3.05) is 0 Å². The summed E-state index contributed by atoms with van der Waals surface area (Å²) in [6.45, 7) is 0. The molecule has 18 heavy (non-hydrogen) atoms. The van der Waals surface area contributed by atoms with Gasteiger partial charge in [0.15, 0.2) is 0 Å². The van der Waals surface area contributed by atoms with Gasteiger partial charge in [0.2, 0.25) is 0 Å². The average Bonchev–Trinajstić information content (AvgIpc) is 2.38. The number of benzene rings is 3. The Morgan fingerprint density at radius 2 is 1.67 bits per heavy atom. The van der Waals surface area contributed by atoms with Crippen LogP contribution in [0.5, 0.6) is 0 Å². The van der Waals surface area contributed by atoms with Gasteiger partial charge in [0, 0.05) is 16.6 Å². The first-order valence-electron chi connectivity index (χ1n) is 5.42. The van der Waals surface area contributed by atoms with E-state index in [0.29, 0.717) is 0 Å². The van der Waals surface area contributed by atoms with Gasteiger partial charge in [-0.05, 0) is 33.7 Å². The molecule has 0 aliphatic rings. The van der Waals surface area contributed by atoms with E-state index >= 15 is 0 Å². The molecule has 0 spiro atoms. The van der Waals surface area contributed by atoms with E-state index in [0.717, 1.165) is 26.0 Å². The van der Waals surface area contributed by atoms with Crippen LogP contribution < -0.4 is 0 Å². The topological polar surface area (TPSA) is 43.1 Å². The highest BCUT2D eigenvalue weighted by Gasteiger charge is 2.09. The summed E-state index contributed by atoms with van der Waals surface area (Å²) in [7, 11) is 0. The van der Waals surface area contributed by atoms with E-state index < -0.39 is 0 Å². The Balaban J connectivity index is 2.50. The van der Waals surface area contributed by atoms with Crippen molar-refractivity contribution in [3.8, 4) is 0 Å². The fourth-order valence-corrected chi connectivity index (χ4v) is 2.75. The molecule has 0 saturated carbocycles. The minimum absolute atomic E-state index is 0.120. The second-order valence-electron chi connectivity index (χ2n) is 4.07. The summed E-state index contributed by atoms with van der Waals surface area (Å²) in [5, 5.41) is 14.8. The lowest BCUT2D eigenvalue weighted by Gasteiger charge is -2.06. The standard InChI is InChI=1S/C14H8BrNO2/c15-14-7-9-5-6-10(16(17)18)8-13(9)11-3-1-2-4-12(11)14/h1-8H. The predicted molar refractivity (Wildman–Crippen MR) is 75.8 cm³/mol. The first kappa shape index (κ1) is 11.2. The third-order valence-corrected chi connectivity index (χ3v) is 3.66. The highest BCUT2D eigenvalue weighted by molar-refractivity contribution is 9.10. The number of hydrogen-bond donors (Lipinski definition) is 0. The van der Waals surface area contributed by atoms with Crippen molar-refractivity contribution >= 4 is 43.2 Å². The molecule has 0 atom stereocenters. The van der Waals surface area contributed by atoms with Crippen molar-refractivity contribution in [1.29, 1.82) is 0 Å². The molecule has 3 aromatic rings. The van der Waals surface area contributed by atoms with Crippen LogP contribution in [0.15, 0.2) is 53.0 Å². The highest BCUT2D eigenvalue weighted by Crippen LogP contribution is 2.33. The molecule has 0 N–H and O–H groups in total. The minimum atomic E-state index is -0.365. The van der Waals surface area contributed by atoms with E-state index in [2.05, 4.69) is 15.9 Å². The first-order chi connectivity index (χ1) is 8.66. The lowest BCUT2D eigenvalue weighted by atomic mass is 10.0. The normalized spacial score (nSPS) is 10.9. The summed E-state index contributed by atoms with van der Waals surface area (Å²) in [5.41, 5.74) is 0.120. The van der Waals surface area contributed by atoms with E-state index in [9.17, 15) is 10.1 Å². The fraction of sp³-hybridized carbons (Fsp3) is 0. The summed E-state index contributed by atoms with van der Waals surface area (Å²) < 4.78 is 0.999. The van der Waals surface area contributed by atoms with Crippen LogP contribution in [0.25, 0.3) is 21.5 Å². The third-order valence-electron chi connectivity index (χ3n) is 3.00. The van der Waals surface area contributed by atoms with Gasteiger partial charge in [-0.1, -0.05) is 40.2 Å². The molecule has 3 rings (SSSR count). The van der Waals surface area contributed by atoms with Crippen LogP contribution in [0, 0.1) is 10.1 Å². The zero-order valence-electron chi connectivity index (χ0n) is 9.26. The lowest BCUT2D eigenvalue weighted by Crippen LogP contribution is -1.88. The molecule has 0 fully saturated rings. The van der Waals surface area contributed by atoms with Gasteiger partial charge in [-0.2, -0.15) is 0 Å². The molecule has 3 aromatic carbocycles. The summed E-state index contributed by atoms with van der Waals surface area (Å²) in [5.74, 6) is 0. The number of nitro groups is 1. The van der Waals surface area contributed by atoms with Gasteiger partial charge in [0.25, 0.3) is 5.69 Å². The van der Waals surface area contributed by atoms with Crippen LogP contribution in [0.1, 0.15) is 0 Å². The quantitative estimate of drug-likeness (QED) is 0.372. The number of rotatable bonds is 1. The van der Waals surface area contributed by atoms with Crippen molar-refractivity contribution in [2.45, 2.75) is 0 Å². The summed E-state index contributed by atoms with van der Waals surface area (Å²) >= 11 is 3.53. The molecular formula is C14H8BrNO2. The number of hydrogen-bond acceptors (Lipinski definition) is 2. The third kappa shape index (κ3) is 1.66. The smallest absolute Gasteiger partial charge is 0.258 e. The number of non-ortho nitro benzene ring substituents is 1. The van der Waals surface area contributed by atoms with Crippen LogP contribution in [-0.4, -0.2) is 4.92 Å². The maximum absolute atomic E-state index is 10.8. The zero-order valence-corrected chi connectivity index (χ0v) is 10.8. The molecule has 0 bridgehead atoms. The number of fused-ring (bicyclic) bond motifs is 3. The highest BCUT2D eigenvalue weighted by atomic mass is 79.9. The molecule has 0 radical (unpaired) electrons. The Kier molecular flexibility index (Phi) is 2.52. The van der Waals surface area contributed by atoms with Crippen LogP contribution >= 0.6 is 15.9 Å². The Labute approximate surface area is 111 Å². The van der Waals surface area contributed by atoms with Gasteiger partial charge in [-0.3, -0.25) is 10.1 Å². The molecule has 0 heterocycles. The van der Waals surface area contributed by atoms with Crippen LogP contribution in [0.3, 0.4) is 0 Å². The first-order valence-corrected chi connectivity index (χ1v) is 6.21. The monoisotopic (exact) mass is 301 g/mol. The van der Waals surface area contributed by atoms with E-state index in [-0.39, 0.29) is 10.6 Å². The number of nitro benzene ring substituents is 1. The van der Waals surface area contributed by atoms with Gasteiger partial charge in [-0.25, -0.2) is 0 Å². The summed E-state index contributed by atoms with van der Waals surface area (Å²) in [6, 6.07) is 14.8. The molecule has 0 unspecified atom stereocenters. The van der Waals surface area contributed by atoms with Gasteiger partial charge >= 0.3 is 0 Å². The molecule has 88 valence electrons. The number of nitrogens with zero attached hydrogens (tertiary/aromatic N) is 1. The average molecular weight is 302 g/mol. The van der Waals surface area contributed by atoms with Crippen molar-refractivity contribution < 1.29 is 4.92 Å². The van der Waals surface area contributed by atoms with Gasteiger partial charge in [0.05, 0.1) is 4.92 Å². The van der Waals surface area contributed by atoms with Crippen molar-refractivity contribution in [1.82, 2.24) is 0 Å². The Hall–Kier alpha value is -1.94. The Morgan fingerprint density at radius 3 is 2.39 bits per heavy atom. The van der Waals surface area contributed by atoms with Gasteiger partial charge in [-0.15, -0.1) is 0 Å². The summed E-state index contributed by atoms with van der Waals surface area (Å²) in [4.78, 5) is 10.5. The van der Waals surface area contributed by atoms with E-state index in [1.165, 1.54) is 6.07 Å². The molecular weight excluding hydrogens is 294 g/mol. The maximum Gasteiger partial charge on any atom is 0.270 e. The summed E-state index contributed by atoms with van der Waals surface area (Å²) in [6.07, 6.45) is 0. The largest absolute Gasteiger partial charge is 0.270 e. The van der Waals surface area contributed by atoms with E-state index in [1.54, 1.807) is 12.1 Å². The SMILES string of the molecule is O=[N+]([O-])c1ccc2cc(Br)c3ccccc3c2c1. The second-order valence-corrected chi connectivity index (χ2v) is 4.92. The van der Waals surface area contributed by atoms with E-state index in [1.807, 2.05) is 30.3 Å². The van der Waals surface area contributed by atoms with Crippen molar-refractivity contribution in [3.63, 3.8) is 0 Å². The Morgan fingerprint density at radius 1 is 0.944 bits per heavy atom. The van der Waals surface area contributed by atoms with E-state index in [4.69, 9.17) is 0 Å². The van der Waals surface area contributed by atoms with Crippen molar-refractivity contribution in [2.24, 2.45) is 0 Å². The fourth-order valence-electron chi connectivity index (χ4n) is 2.16. The van der Waals surface area contributed by atoms with Gasteiger partial charge < -0.3 is 0 Å². The van der Waals surface area contributed by atoms with Gasteiger partial charge in [0.1, 0.15) is 0 Å². The van der Waals surface area contributed by atoms with Crippen LogP contribution in [-0.2, 0) is 0 Å². The second kappa shape index (κ2) is 4.07. The number of halogens is 1. The maximum atomic E-state index is 10.8.